The van der Waals surface area contributed by atoms with E-state index in [1.807, 2.05) is 0 Å². The first-order chi connectivity index (χ1) is 43.1. The molecule has 4 heterocycles. The molecule has 17 rings (SSSR count). The van der Waals surface area contributed by atoms with E-state index in [1.54, 1.807) is 11.1 Å². The molecule has 2 aliphatic heterocycles. The summed E-state index contributed by atoms with van der Waals surface area (Å²) in [7, 11) is 0. The van der Waals surface area contributed by atoms with Crippen LogP contribution in [0.2, 0.25) is 0 Å². The third-order valence-corrected chi connectivity index (χ3v) is 26.1. The van der Waals surface area contributed by atoms with Gasteiger partial charge in [-0.2, -0.15) is 0 Å². The van der Waals surface area contributed by atoms with Gasteiger partial charge in [-0.15, -0.1) is 11.3 Å². The summed E-state index contributed by atoms with van der Waals surface area (Å²) in [6.07, 6.45) is 9.62. The lowest BCUT2D eigenvalue weighted by Crippen LogP contribution is -2.60. The van der Waals surface area contributed by atoms with Crippen molar-refractivity contribution in [3.05, 3.63) is 189 Å². The molecule has 2 bridgehead atoms. The third kappa shape index (κ3) is 8.70. The van der Waals surface area contributed by atoms with Crippen molar-refractivity contribution in [1.82, 2.24) is 4.57 Å². The van der Waals surface area contributed by atoms with Gasteiger partial charge in [0.1, 0.15) is 0 Å². The van der Waals surface area contributed by atoms with Gasteiger partial charge in [-0.1, -0.05) is 204 Å². The molecule has 5 heteroatoms. The predicted molar refractivity (Wildman–Crippen MR) is 400 cm³/mol. The minimum Gasteiger partial charge on any atom is -0.311 e. The molecular weight excluding hydrogens is 1130 g/mol. The van der Waals surface area contributed by atoms with Gasteiger partial charge in [0, 0.05) is 53.9 Å². The van der Waals surface area contributed by atoms with Gasteiger partial charge in [-0.05, 0) is 240 Å². The highest BCUT2D eigenvalue weighted by Crippen LogP contribution is 2.61. The van der Waals surface area contributed by atoms with Crippen LogP contribution < -0.4 is 25.5 Å². The number of hydrogen-bond donors (Lipinski definition) is 0. The average molecular weight is 1230 g/mol. The van der Waals surface area contributed by atoms with E-state index in [0.29, 0.717) is 0 Å². The Balaban J connectivity index is 1.13. The topological polar surface area (TPSA) is 11.4 Å². The number of nitrogens with zero attached hydrogens (tertiary/aromatic N) is 3. The van der Waals surface area contributed by atoms with E-state index in [2.05, 4.69) is 298 Å². The molecule has 1 saturated carbocycles. The Morgan fingerprint density at radius 2 is 0.870 bits per heavy atom. The van der Waals surface area contributed by atoms with Crippen molar-refractivity contribution < 1.29 is 0 Å². The summed E-state index contributed by atoms with van der Waals surface area (Å²) in [5, 5.41) is 3.99. The Kier molecular flexibility index (Phi) is 12.6. The summed E-state index contributed by atoms with van der Waals surface area (Å²) >= 11 is 2.10. The highest BCUT2D eigenvalue weighted by atomic mass is 32.1. The van der Waals surface area contributed by atoms with Crippen molar-refractivity contribution in [1.29, 1.82) is 0 Å². The maximum absolute atomic E-state index is 2.89. The highest BCUT2D eigenvalue weighted by molar-refractivity contribution is 7.33. The van der Waals surface area contributed by atoms with E-state index in [4.69, 9.17) is 0 Å². The largest absolute Gasteiger partial charge is 0.311 e. The summed E-state index contributed by atoms with van der Waals surface area (Å²) in [6, 6.07) is 55.5. The van der Waals surface area contributed by atoms with Gasteiger partial charge in [-0.3, -0.25) is 0 Å². The Morgan fingerprint density at radius 3 is 1.40 bits per heavy atom. The van der Waals surface area contributed by atoms with Gasteiger partial charge in [0.25, 0.3) is 6.71 Å². The van der Waals surface area contributed by atoms with E-state index in [9.17, 15) is 0 Å². The molecule has 8 aromatic carbocycles. The van der Waals surface area contributed by atoms with Crippen molar-refractivity contribution in [2.24, 2.45) is 0 Å². The second kappa shape index (κ2) is 19.2. The van der Waals surface area contributed by atoms with E-state index in [0.717, 1.165) is 19.3 Å². The van der Waals surface area contributed by atoms with Gasteiger partial charge in [0.15, 0.2) is 0 Å². The van der Waals surface area contributed by atoms with Crippen molar-refractivity contribution >= 4 is 99.8 Å². The summed E-state index contributed by atoms with van der Waals surface area (Å²) in [4.78, 5) is 5.69. The number of thiophene rings is 1. The second-order valence-corrected chi connectivity index (χ2v) is 37.2. The standard InChI is InChI=1S/C87H98BN3S/c1-51-40-61-63(84(15,16)34-32-82(61,11)12)48-68(51)90-72-43-55(81(8,9)10)28-31-67(72)88-76-73(90)44-56(89-69-41-53(79(2,3)4)26-29-57(69)58-30-27-54(42-70(58)89)80(5,6)7)45-74(76)91(77-60-47-65-66(50-75(60)92-78(77)88)87(20)38-36-86(65,19)37-39-87)71-49-64-62(83(13,14)33-35-85(64,17)18)46-59(71)52-24-22-21-23-25-52/h21-31,40-50H,32-39H2,1-20H3. The quantitative estimate of drug-likeness (QED) is 0.163. The lowest BCUT2D eigenvalue weighted by Gasteiger charge is -2.52. The number of fused-ring (bicyclic) bond motifs is 13. The molecule has 1 fully saturated rings. The first-order valence-electron chi connectivity index (χ1n) is 35.1. The van der Waals surface area contributed by atoms with E-state index in [1.165, 1.54) is 175 Å². The van der Waals surface area contributed by atoms with Crippen molar-refractivity contribution in [2.45, 2.75) is 239 Å². The van der Waals surface area contributed by atoms with Crippen LogP contribution in [-0.2, 0) is 48.7 Å². The molecule has 0 unspecified atom stereocenters. The molecule has 10 aromatic rings. The Bertz CT molecular complexity index is 4740. The fraction of sp³-hybridized carbons (Fsp3) is 0.425. The second-order valence-electron chi connectivity index (χ2n) is 36.2. The number of rotatable bonds is 4. The lowest BCUT2D eigenvalue weighted by atomic mass is 9.36. The zero-order valence-electron chi connectivity index (χ0n) is 59.2. The smallest absolute Gasteiger partial charge is 0.264 e. The summed E-state index contributed by atoms with van der Waals surface area (Å²) < 4.78 is 5.58. The molecule has 0 N–H and O–H groups in total. The maximum Gasteiger partial charge on any atom is 0.264 e. The van der Waals surface area contributed by atoms with E-state index < -0.39 is 0 Å². The molecule has 5 aliphatic carbocycles. The van der Waals surface area contributed by atoms with Gasteiger partial charge >= 0.3 is 0 Å². The molecule has 92 heavy (non-hydrogen) atoms. The van der Waals surface area contributed by atoms with Crippen LogP contribution in [0.15, 0.2) is 133 Å². The summed E-state index contributed by atoms with van der Waals surface area (Å²) in [5.74, 6) is 0. The Morgan fingerprint density at radius 1 is 0.402 bits per heavy atom. The predicted octanol–water partition coefficient (Wildman–Crippen LogP) is 22.7. The van der Waals surface area contributed by atoms with Crippen LogP contribution in [0.3, 0.4) is 0 Å². The fourth-order valence-electron chi connectivity index (χ4n) is 18.3. The molecule has 2 aromatic heterocycles. The monoisotopic (exact) mass is 1230 g/mol. The van der Waals surface area contributed by atoms with Crippen molar-refractivity contribution in [2.75, 3.05) is 9.80 Å². The molecule has 7 aliphatic rings. The molecule has 3 nitrogen and oxygen atoms in total. The summed E-state index contributed by atoms with van der Waals surface area (Å²) in [6.45, 7) is 49.1. The fourth-order valence-corrected chi connectivity index (χ4v) is 19.7. The number of anilines is 6. The molecule has 0 amide bonds. The zero-order valence-corrected chi connectivity index (χ0v) is 60.0. The lowest BCUT2D eigenvalue weighted by molar-refractivity contribution is 0.188. The normalized spacial score (nSPS) is 21.5. The van der Waals surface area contributed by atoms with Gasteiger partial charge in [0.2, 0.25) is 0 Å². The maximum atomic E-state index is 2.89. The van der Waals surface area contributed by atoms with Gasteiger partial charge in [-0.25, -0.2) is 0 Å². The zero-order chi connectivity index (χ0) is 64.9. The van der Waals surface area contributed by atoms with Gasteiger partial charge in [0.05, 0.1) is 28.1 Å². The number of aromatic nitrogens is 1. The molecular formula is C87H98BN3S. The molecule has 470 valence electrons. The van der Waals surface area contributed by atoms with Crippen LogP contribution in [-0.4, -0.2) is 11.3 Å². The van der Waals surface area contributed by atoms with Crippen LogP contribution in [0.5, 0.6) is 0 Å². The minimum atomic E-state index is -0.0944. The van der Waals surface area contributed by atoms with Crippen LogP contribution in [0.4, 0.5) is 34.1 Å². The first kappa shape index (κ1) is 60.1. The summed E-state index contributed by atoms with van der Waals surface area (Å²) in [5.41, 5.74) is 31.5. The minimum absolute atomic E-state index is 0.000330. The van der Waals surface area contributed by atoms with E-state index in [-0.39, 0.29) is 55.4 Å². The first-order valence-corrected chi connectivity index (χ1v) is 35.9. The molecule has 0 spiro atoms. The molecule has 0 saturated heterocycles. The highest BCUT2D eigenvalue weighted by Gasteiger charge is 2.52. The third-order valence-electron chi connectivity index (χ3n) is 24.9. The van der Waals surface area contributed by atoms with Crippen LogP contribution in [0.25, 0.3) is 48.7 Å². The van der Waals surface area contributed by atoms with Crippen molar-refractivity contribution in [3.63, 3.8) is 0 Å². The SMILES string of the molecule is Cc1cc2c(cc1N1c3cc(C(C)(C)C)ccc3B3c4sc5cc6c(cc5c4N(c4cc5c(cc4-c4ccccc4)C(C)(C)CCC5(C)C)c4cc(-n5c7cc(C(C)(C)C)ccc7c7ccc(C(C)(C)C)cc75)cc1c43)C1(C)CCC6(C)CC1)C(C)(C)CCC2(C)C. The number of hydrogen-bond acceptors (Lipinski definition) is 3. The van der Waals surface area contributed by atoms with Crippen molar-refractivity contribution in [3.8, 4) is 16.8 Å². The average Bonchev–Trinajstić information content (AvgIpc) is 1.25. The van der Waals surface area contributed by atoms with E-state index >= 15 is 0 Å². The molecule has 0 radical (unpaired) electrons. The van der Waals surface area contributed by atoms with Crippen LogP contribution in [0, 0.1) is 6.92 Å². The van der Waals surface area contributed by atoms with Gasteiger partial charge < -0.3 is 14.4 Å². The Labute approximate surface area is 555 Å². The number of benzene rings is 8. The molecule has 0 atom stereocenters. The van der Waals surface area contributed by atoms with Crippen LogP contribution in [0.1, 0.15) is 239 Å². The van der Waals surface area contributed by atoms with Crippen LogP contribution >= 0.6 is 11.3 Å². The Hall–Kier alpha value is -6.82. The number of aryl methyl sites for hydroxylation is 1.